The molecular weight excluding hydrogens is 228 g/mol. The summed E-state index contributed by atoms with van der Waals surface area (Å²) in [7, 11) is 1.68. The lowest BCUT2D eigenvalue weighted by Gasteiger charge is -2.17. The molecule has 1 aromatic heterocycles. The van der Waals surface area contributed by atoms with Gasteiger partial charge in [-0.3, -0.25) is 9.78 Å². The van der Waals surface area contributed by atoms with Crippen LogP contribution in [0.25, 0.3) is 0 Å². The second kappa shape index (κ2) is 5.31. The van der Waals surface area contributed by atoms with Crippen molar-refractivity contribution < 1.29 is 9.90 Å². The number of pyridine rings is 1. The van der Waals surface area contributed by atoms with Crippen molar-refractivity contribution in [3.05, 3.63) is 59.9 Å². The number of rotatable bonds is 3. The first-order valence-electron chi connectivity index (χ1n) is 5.62. The summed E-state index contributed by atoms with van der Waals surface area (Å²) in [4.78, 5) is 17.6. The topological polar surface area (TPSA) is 53.4 Å². The van der Waals surface area contributed by atoms with Crippen molar-refractivity contribution >= 4 is 5.91 Å². The first-order chi connectivity index (χ1) is 8.68. The summed E-state index contributed by atoms with van der Waals surface area (Å²) in [5.74, 6) is 0.0250. The van der Waals surface area contributed by atoms with Crippen LogP contribution in [0.4, 0.5) is 0 Å². The minimum Gasteiger partial charge on any atom is -0.508 e. The Morgan fingerprint density at radius 1 is 1.22 bits per heavy atom. The Morgan fingerprint density at radius 3 is 2.61 bits per heavy atom. The fraction of sp³-hybridized carbons (Fsp3) is 0.143. The van der Waals surface area contributed by atoms with E-state index in [2.05, 4.69) is 4.98 Å². The monoisotopic (exact) mass is 242 g/mol. The lowest BCUT2D eigenvalue weighted by Crippen LogP contribution is -2.26. The predicted molar refractivity (Wildman–Crippen MR) is 68.1 cm³/mol. The first-order valence-corrected chi connectivity index (χ1v) is 5.62. The number of aromatic hydroxyl groups is 1. The van der Waals surface area contributed by atoms with E-state index < -0.39 is 0 Å². The van der Waals surface area contributed by atoms with E-state index in [1.807, 2.05) is 6.07 Å². The van der Waals surface area contributed by atoms with Crippen LogP contribution in [0.5, 0.6) is 5.75 Å². The van der Waals surface area contributed by atoms with Crippen LogP contribution in [-0.2, 0) is 6.54 Å². The summed E-state index contributed by atoms with van der Waals surface area (Å²) in [5.41, 5.74) is 1.11. The number of benzene rings is 1. The van der Waals surface area contributed by atoms with Gasteiger partial charge in [-0.05, 0) is 18.2 Å². The van der Waals surface area contributed by atoms with Crippen LogP contribution >= 0.6 is 0 Å². The zero-order valence-corrected chi connectivity index (χ0v) is 10.1. The van der Waals surface area contributed by atoms with E-state index in [1.54, 1.807) is 49.6 Å². The Hall–Kier alpha value is -2.36. The molecule has 0 atom stereocenters. The Balaban J connectivity index is 2.11. The average molecular weight is 242 g/mol. The van der Waals surface area contributed by atoms with Gasteiger partial charge in [0, 0.05) is 25.4 Å². The van der Waals surface area contributed by atoms with E-state index in [9.17, 15) is 9.90 Å². The van der Waals surface area contributed by atoms with Crippen molar-refractivity contribution in [2.45, 2.75) is 6.54 Å². The summed E-state index contributed by atoms with van der Waals surface area (Å²) < 4.78 is 0. The zero-order chi connectivity index (χ0) is 13.0. The third-order valence-electron chi connectivity index (χ3n) is 2.63. The van der Waals surface area contributed by atoms with Crippen molar-refractivity contribution in [2.75, 3.05) is 7.05 Å². The molecule has 0 fully saturated rings. The molecule has 4 nitrogen and oxygen atoms in total. The molecule has 0 unspecified atom stereocenters. The molecule has 0 spiro atoms. The Bertz CT molecular complexity index is 541. The van der Waals surface area contributed by atoms with E-state index in [1.165, 1.54) is 4.90 Å². The van der Waals surface area contributed by atoms with Gasteiger partial charge in [0.05, 0.1) is 0 Å². The lowest BCUT2D eigenvalue weighted by atomic mass is 10.2. The van der Waals surface area contributed by atoms with E-state index in [4.69, 9.17) is 0 Å². The maximum Gasteiger partial charge on any atom is 0.272 e. The third kappa shape index (κ3) is 2.66. The van der Waals surface area contributed by atoms with Crippen LogP contribution in [0, 0.1) is 0 Å². The number of hydrogen-bond acceptors (Lipinski definition) is 3. The summed E-state index contributed by atoms with van der Waals surface area (Å²) >= 11 is 0. The quantitative estimate of drug-likeness (QED) is 0.896. The molecule has 4 heteroatoms. The summed E-state index contributed by atoms with van der Waals surface area (Å²) in [6.07, 6.45) is 1.58. The number of phenolic OH excluding ortho intramolecular Hbond substituents is 1. The van der Waals surface area contributed by atoms with Gasteiger partial charge in [0.1, 0.15) is 11.4 Å². The highest BCUT2D eigenvalue weighted by atomic mass is 16.3. The van der Waals surface area contributed by atoms with Crippen molar-refractivity contribution in [2.24, 2.45) is 0 Å². The molecule has 0 aliphatic carbocycles. The molecule has 1 amide bonds. The molecule has 2 rings (SSSR count). The number of carbonyl (C=O) groups excluding carboxylic acids is 1. The van der Waals surface area contributed by atoms with Gasteiger partial charge in [0.25, 0.3) is 5.91 Å². The smallest absolute Gasteiger partial charge is 0.272 e. The largest absolute Gasteiger partial charge is 0.508 e. The van der Waals surface area contributed by atoms with Crippen molar-refractivity contribution in [1.82, 2.24) is 9.88 Å². The number of nitrogens with zero attached hydrogens (tertiary/aromatic N) is 2. The number of phenols is 1. The second-order valence-corrected chi connectivity index (χ2v) is 4.00. The number of amides is 1. The van der Waals surface area contributed by atoms with Crippen molar-refractivity contribution in [3.63, 3.8) is 0 Å². The molecule has 18 heavy (non-hydrogen) atoms. The zero-order valence-electron chi connectivity index (χ0n) is 10.1. The lowest BCUT2D eigenvalue weighted by molar-refractivity contribution is 0.0778. The third-order valence-corrected chi connectivity index (χ3v) is 2.63. The number of para-hydroxylation sites is 1. The number of carbonyl (C=O) groups is 1. The second-order valence-electron chi connectivity index (χ2n) is 4.00. The molecular formula is C14H14N2O2. The normalized spacial score (nSPS) is 10.1. The van der Waals surface area contributed by atoms with Crippen molar-refractivity contribution in [3.8, 4) is 5.75 Å². The van der Waals surface area contributed by atoms with Gasteiger partial charge in [0.15, 0.2) is 0 Å². The molecule has 0 aliphatic heterocycles. The van der Waals surface area contributed by atoms with Gasteiger partial charge in [0.2, 0.25) is 0 Å². The van der Waals surface area contributed by atoms with Gasteiger partial charge in [-0.2, -0.15) is 0 Å². The molecule has 0 bridgehead atoms. The fourth-order valence-corrected chi connectivity index (χ4v) is 1.66. The maximum absolute atomic E-state index is 12.0. The van der Waals surface area contributed by atoms with Gasteiger partial charge in [-0.1, -0.05) is 24.3 Å². The molecule has 1 aromatic carbocycles. The van der Waals surface area contributed by atoms with Crippen LogP contribution in [-0.4, -0.2) is 27.9 Å². The molecule has 0 aliphatic rings. The molecule has 1 heterocycles. The molecule has 0 saturated heterocycles. The Morgan fingerprint density at radius 2 is 1.94 bits per heavy atom. The van der Waals surface area contributed by atoms with Gasteiger partial charge in [-0.15, -0.1) is 0 Å². The highest BCUT2D eigenvalue weighted by molar-refractivity contribution is 5.92. The molecule has 0 saturated carbocycles. The van der Waals surface area contributed by atoms with Crippen LogP contribution < -0.4 is 0 Å². The van der Waals surface area contributed by atoms with Crippen molar-refractivity contribution in [1.29, 1.82) is 0 Å². The van der Waals surface area contributed by atoms with E-state index in [0.29, 0.717) is 17.8 Å². The molecule has 92 valence electrons. The highest BCUT2D eigenvalue weighted by Gasteiger charge is 2.13. The summed E-state index contributed by atoms with van der Waals surface area (Å²) in [6.45, 7) is 0.349. The fourth-order valence-electron chi connectivity index (χ4n) is 1.66. The average Bonchev–Trinajstić information content (AvgIpc) is 2.41. The van der Waals surface area contributed by atoms with Gasteiger partial charge < -0.3 is 10.0 Å². The van der Waals surface area contributed by atoms with Crippen LogP contribution in [0.15, 0.2) is 48.7 Å². The first kappa shape index (κ1) is 12.1. The van der Waals surface area contributed by atoms with Gasteiger partial charge >= 0.3 is 0 Å². The number of aromatic nitrogens is 1. The Labute approximate surface area is 106 Å². The van der Waals surface area contributed by atoms with Crippen LogP contribution in [0.1, 0.15) is 16.1 Å². The van der Waals surface area contributed by atoms with E-state index >= 15 is 0 Å². The molecule has 1 N–H and O–H groups in total. The minimum absolute atomic E-state index is 0.168. The van der Waals surface area contributed by atoms with Gasteiger partial charge in [-0.25, -0.2) is 0 Å². The van der Waals surface area contributed by atoms with Crippen LogP contribution in [0.2, 0.25) is 0 Å². The van der Waals surface area contributed by atoms with E-state index in [0.717, 1.165) is 0 Å². The van der Waals surface area contributed by atoms with Crippen LogP contribution in [0.3, 0.4) is 0 Å². The number of hydrogen-bond donors (Lipinski definition) is 1. The molecule has 2 aromatic rings. The maximum atomic E-state index is 12.0. The minimum atomic E-state index is -0.168. The predicted octanol–water partition coefficient (Wildman–Crippen LogP) is 2.06. The SMILES string of the molecule is CN(Cc1ccccc1O)C(=O)c1ccccn1. The standard InChI is InChI=1S/C14H14N2O2/c1-16(10-11-6-2-3-8-13(11)17)14(18)12-7-4-5-9-15-12/h2-9,17H,10H2,1H3. The Kier molecular flexibility index (Phi) is 3.57. The molecule has 0 radical (unpaired) electrons. The highest BCUT2D eigenvalue weighted by Crippen LogP contribution is 2.17. The summed E-state index contributed by atoms with van der Waals surface area (Å²) in [5, 5.41) is 9.66. The van der Waals surface area contributed by atoms with E-state index in [-0.39, 0.29) is 11.7 Å². The summed E-state index contributed by atoms with van der Waals surface area (Å²) in [6, 6.07) is 12.2.